The highest BCUT2D eigenvalue weighted by atomic mass is 32.2. The molecule has 2 aromatic rings. The molecule has 0 spiro atoms. The van der Waals surface area contributed by atoms with E-state index in [0.29, 0.717) is 10.8 Å². The topological polar surface area (TPSA) is 61.4 Å². The van der Waals surface area contributed by atoms with Gasteiger partial charge in [0.25, 0.3) is 0 Å². The van der Waals surface area contributed by atoms with E-state index in [4.69, 9.17) is 12.2 Å². The first-order chi connectivity index (χ1) is 12.9. The molecule has 5 nitrogen and oxygen atoms in total. The van der Waals surface area contributed by atoms with Crippen LogP contribution in [-0.2, 0) is 15.4 Å². The highest BCUT2D eigenvalue weighted by molar-refractivity contribution is 7.92. The number of rotatable bonds is 5. The van der Waals surface area contributed by atoms with Crippen molar-refractivity contribution in [1.29, 1.82) is 0 Å². The van der Waals surface area contributed by atoms with Crippen LogP contribution in [0.15, 0.2) is 48.5 Å². The van der Waals surface area contributed by atoms with Crippen LogP contribution in [0.1, 0.15) is 44.9 Å². The van der Waals surface area contributed by atoms with Gasteiger partial charge in [0.2, 0.25) is 10.0 Å². The lowest BCUT2D eigenvalue weighted by atomic mass is 9.86. The first-order valence-electron chi connectivity index (χ1n) is 9.10. The summed E-state index contributed by atoms with van der Waals surface area (Å²) in [7, 11) is -1.79. The average molecular weight is 420 g/mol. The Morgan fingerprint density at radius 2 is 1.71 bits per heavy atom. The van der Waals surface area contributed by atoms with Crippen molar-refractivity contribution in [2.75, 3.05) is 22.9 Å². The minimum Gasteiger partial charge on any atom is -0.356 e. The average Bonchev–Trinajstić information content (AvgIpc) is 2.59. The number of sulfonamides is 1. The summed E-state index contributed by atoms with van der Waals surface area (Å²) in [6, 6.07) is 15.7. The summed E-state index contributed by atoms with van der Waals surface area (Å²) in [6.07, 6.45) is 1.17. The quantitative estimate of drug-likeness (QED) is 0.702. The van der Waals surface area contributed by atoms with E-state index in [-0.39, 0.29) is 11.5 Å². The summed E-state index contributed by atoms with van der Waals surface area (Å²) >= 11 is 5.43. The maximum atomic E-state index is 11.7. The molecule has 0 aliphatic rings. The number of hydrogen-bond donors (Lipinski definition) is 2. The summed E-state index contributed by atoms with van der Waals surface area (Å²) in [6.45, 7) is 8.63. The van der Waals surface area contributed by atoms with E-state index in [1.54, 1.807) is 18.2 Å². The van der Waals surface area contributed by atoms with Gasteiger partial charge in [0, 0.05) is 12.7 Å². The van der Waals surface area contributed by atoms with E-state index >= 15 is 0 Å². The van der Waals surface area contributed by atoms with Gasteiger partial charge in [0.15, 0.2) is 5.11 Å². The Balaban J connectivity index is 2.04. The van der Waals surface area contributed by atoms with Crippen LogP contribution in [0.4, 0.5) is 11.4 Å². The third-order valence-electron chi connectivity index (χ3n) is 4.59. The lowest BCUT2D eigenvalue weighted by Crippen LogP contribution is -2.31. The highest BCUT2D eigenvalue weighted by Crippen LogP contribution is 2.24. The van der Waals surface area contributed by atoms with Crippen molar-refractivity contribution in [2.24, 2.45) is 0 Å². The maximum absolute atomic E-state index is 11.7. The number of thiocarbonyl (C=S) groups is 1. The van der Waals surface area contributed by atoms with Crippen LogP contribution < -0.4 is 14.9 Å². The molecule has 0 fully saturated rings. The van der Waals surface area contributed by atoms with Crippen LogP contribution >= 0.6 is 12.2 Å². The van der Waals surface area contributed by atoms with Gasteiger partial charge in [-0.2, -0.15) is 0 Å². The molecule has 2 N–H and O–H groups in total. The van der Waals surface area contributed by atoms with Gasteiger partial charge in [-0.1, -0.05) is 51.1 Å². The van der Waals surface area contributed by atoms with Gasteiger partial charge in [0.1, 0.15) is 0 Å². The molecular formula is C21H29N3O2S2. The Labute approximate surface area is 174 Å². The number of nitrogens with zero attached hydrogens (tertiary/aromatic N) is 1. The zero-order valence-corrected chi connectivity index (χ0v) is 18.9. The molecule has 2 aromatic carbocycles. The number of nitrogens with one attached hydrogen (secondary N) is 2. The largest absolute Gasteiger partial charge is 0.356 e. The minimum absolute atomic E-state index is 0.0379. The van der Waals surface area contributed by atoms with Crippen molar-refractivity contribution in [2.45, 2.75) is 39.2 Å². The third-order valence-corrected chi connectivity index (χ3v) is 6.02. The van der Waals surface area contributed by atoms with Gasteiger partial charge >= 0.3 is 0 Å². The molecule has 0 heterocycles. The van der Waals surface area contributed by atoms with E-state index in [9.17, 15) is 8.42 Å². The molecule has 0 amide bonds. The number of benzene rings is 2. The Kier molecular flexibility index (Phi) is 6.72. The molecule has 0 saturated carbocycles. The molecule has 0 aromatic heterocycles. The van der Waals surface area contributed by atoms with Crippen LogP contribution in [0.5, 0.6) is 0 Å². The van der Waals surface area contributed by atoms with Crippen LogP contribution in [0.3, 0.4) is 0 Å². The highest BCUT2D eigenvalue weighted by Gasteiger charge is 2.15. The zero-order valence-electron chi connectivity index (χ0n) is 17.3. The lowest BCUT2D eigenvalue weighted by molar-refractivity contribution is 0.589. The molecule has 0 aliphatic carbocycles. The van der Waals surface area contributed by atoms with E-state index in [2.05, 4.69) is 55.7 Å². The zero-order chi connectivity index (χ0) is 21.1. The summed E-state index contributed by atoms with van der Waals surface area (Å²) in [4.78, 5) is 0. The first-order valence-corrected chi connectivity index (χ1v) is 11.4. The van der Waals surface area contributed by atoms with Crippen LogP contribution in [0.25, 0.3) is 0 Å². The predicted octanol–water partition coefficient (Wildman–Crippen LogP) is 4.43. The van der Waals surface area contributed by atoms with Crippen molar-refractivity contribution >= 4 is 38.7 Å². The van der Waals surface area contributed by atoms with E-state index in [1.807, 2.05) is 13.0 Å². The Hall–Kier alpha value is -2.12. The molecule has 1 atom stereocenters. The molecule has 7 heteroatoms. The minimum atomic E-state index is -3.31. The second-order valence-electron chi connectivity index (χ2n) is 7.97. The molecular weight excluding hydrogens is 390 g/mol. The fraction of sp³-hybridized carbons (Fsp3) is 0.381. The monoisotopic (exact) mass is 419 g/mol. The SMILES string of the molecule is C[C@@H](NC(=S)Nc1cccc(N(C)S(C)(=O)=O)c1)c1ccc(C(C)(C)C)cc1. The van der Waals surface area contributed by atoms with Gasteiger partial charge < -0.3 is 10.6 Å². The van der Waals surface area contributed by atoms with Crippen molar-refractivity contribution in [1.82, 2.24) is 5.32 Å². The Morgan fingerprint density at radius 3 is 2.25 bits per heavy atom. The molecule has 0 radical (unpaired) electrons. The second kappa shape index (κ2) is 8.49. The maximum Gasteiger partial charge on any atom is 0.231 e. The van der Waals surface area contributed by atoms with E-state index in [1.165, 1.54) is 23.2 Å². The standard InChI is InChI=1S/C21H29N3O2S2/c1-15(16-10-12-17(13-11-16)21(2,3)4)22-20(27)23-18-8-7-9-19(14-18)24(5)28(6,25)26/h7-15H,1-6H3,(H2,22,23,27)/t15-/m1/s1. The molecule has 2 rings (SSSR count). The van der Waals surface area contributed by atoms with Crippen LogP contribution in [0, 0.1) is 0 Å². The number of anilines is 2. The fourth-order valence-electron chi connectivity index (χ4n) is 2.69. The van der Waals surface area contributed by atoms with E-state index < -0.39 is 10.0 Å². The summed E-state index contributed by atoms with van der Waals surface area (Å²) < 4.78 is 24.7. The molecule has 0 unspecified atom stereocenters. The predicted molar refractivity (Wildman–Crippen MR) is 123 cm³/mol. The summed E-state index contributed by atoms with van der Waals surface area (Å²) in [5.41, 5.74) is 3.84. The Morgan fingerprint density at radius 1 is 1.11 bits per heavy atom. The summed E-state index contributed by atoms with van der Waals surface area (Å²) in [5, 5.41) is 6.87. The van der Waals surface area contributed by atoms with Gasteiger partial charge in [-0.25, -0.2) is 8.42 Å². The van der Waals surface area contributed by atoms with Crippen molar-refractivity contribution in [3.05, 3.63) is 59.7 Å². The summed E-state index contributed by atoms with van der Waals surface area (Å²) in [5.74, 6) is 0. The van der Waals surface area contributed by atoms with Crippen molar-refractivity contribution < 1.29 is 8.42 Å². The molecule has 0 bridgehead atoms. The van der Waals surface area contributed by atoms with Crippen LogP contribution in [-0.4, -0.2) is 26.8 Å². The second-order valence-corrected chi connectivity index (χ2v) is 10.4. The van der Waals surface area contributed by atoms with Gasteiger partial charge in [-0.15, -0.1) is 0 Å². The third kappa shape index (κ3) is 5.94. The van der Waals surface area contributed by atoms with Crippen LogP contribution in [0.2, 0.25) is 0 Å². The lowest BCUT2D eigenvalue weighted by Gasteiger charge is -2.22. The molecule has 152 valence electrons. The first kappa shape index (κ1) is 22.2. The van der Waals surface area contributed by atoms with Crippen molar-refractivity contribution in [3.63, 3.8) is 0 Å². The van der Waals surface area contributed by atoms with Gasteiger partial charge in [-0.3, -0.25) is 4.31 Å². The van der Waals surface area contributed by atoms with Crippen molar-refractivity contribution in [3.8, 4) is 0 Å². The van der Waals surface area contributed by atoms with Gasteiger partial charge in [0.05, 0.1) is 18.0 Å². The van der Waals surface area contributed by atoms with Gasteiger partial charge in [-0.05, 0) is 53.9 Å². The van der Waals surface area contributed by atoms with E-state index in [0.717, 1.165) is 11.3 Å². The number of hydrogen-bond acceptors (Lipinski definition) is 3. The smallest absolute Gasteiger partial charge is 0.231 e. The molecule has 0 saturated heterocycles. The molecule has 0 aliphatic heterocycles. The molecule has 28 heavy (non-hydrogen) atoms. The Bertz CT molecular complexity index is 933. The fourth-order valence-corrected chi connectivity index (χ4v) is 3.48. The normalized spacial score (nSPS) is 12.9.